The van der Waals surface area contributed by atoms with E-state index >= 15 is 0 Å². The number of rotatable bonds is 10. The Morgan fingerprint density at radius 1 is 1.09 bits per heavy atom. The summed E-state index contributed by atoms with van der Waals surface area (Å²) in [5, 5.41) is 0. The summed E-state index contributed by atoms with van der Waals surface area (Å²) in [4.78, 5) is 0. The third kappa shape index (κ3) is 5.02. The van der Waals surface area contributed by atoms with Crippen molar-refractivity contribution in [2.24, 2.45) is 0 Å². The molecule has 0 unspecified atom stereocenters. The second-order valence-corrected chi connectivity index (χ2v) is 10.8. The van der Waals surface area contributed by atoms with Gasteiger partial charge >= 0.3 is 0 Å². The average Bonchev–Trinajstić information content (AvgIpc) is 3.40. The normalized spacial score (nSPS) is 31.0. The smallest absolute Gasteiger partial charge is 0.163 e. The molecule has 0 aromatic carbocycles. The summed E-state index contributed by atoms with van der Waals surface area (Å²) in [6, 6.07) is 0. The van der Waals surface area contributed by atoms with Crippen LogP contribution in [0.3, 0.4) is 0 Å². The third-order valence-electron chi connectivity index (χ3n) is 4.96. The van der Waals surface area contributed by atoms with Gasteiger partial charge in [-0.3, -0.25) is 0 Å². The lowest BCUT2D eigenvalue weighted by Crippen LogP contribution is -2.25. The van der Waals surface area contributed by atoms with Gasteiger partial charge in [-0.25, -0.2) is 0 Å². The minimum absolute atomic E-state index is 0.220. The van der Waals surface area contributed by atoms with Gasteiger partial charge in [-0.15, -0.1) is 0 Å². The van der Waals surface area contributed by atoms with Gasteiger partial charge in [-0.2, -0.15) is 0 Å². The minimum atomic E-state index is -0.401. The Kier molecular flexibility index (Phi) is 5.61. The van der Waals surface area contributed by atoms with Gasteiger partial charge in [-0.1, -0.05) is 21.6 Å². The number of methoxy groups -OCH3 is 2. The molecule has 134 valence electrons. The molecule has 2 aliphatic carbocycles. The van der Waals surface area contributed by atoms with Gasteiger partial charge in [0.25, 0.3) is 0 Å². The second-order valence-electron chi connectivity index (χ2n) is 7.70. The van der Waals surface area contributed by atoms with Crippen LogP contribution in [-0.4, -0.2) is 54.9 Å². The van der Waals surface area contributed by atoms with E-state index in [1.165, 1.54) is 25.7 Å². The molecule has 0 radical (unpaired) electrons. The molecule has 0 spiro atoms. The summed E-state index contributed by atoms with van der Waals surface area (Å²) in [5.41, 5.74) is 0. The minimum Gasteiger partial charge on any atom is -0.382 e. The van der Waals surface area contributed by atoms with Crippen LogP contribution in [0.15, 0.2) is 0 Å². The quantitative estimate of drug-likeness (QED) is 0.546. The van der Waals surface area contributed by atoms with Gasteiger partial charge in [0.05, 0.1) is 25.4 Å². The zero-order valence-corrected chi connectivity index (χ0v) is 16.4. The van der Waals surface area contributed by atoms with Crippen molar-refractivity contribution >= 4 is 21.6 Å². The second kappa shape index (κ2) is 7.04. The zero-order chi connectivity index (χ0) is 16.6. The van der Waals surface area contributed by atoms with Gasteiger partial charge in [0.2, 0.25) is 0 Å². The van der Waals surface area contributed by atoms with Crippen LogP contribution in [0.4, 0.5) is 0 Å². The summed E-state index contributed by atoms with van der Waals surface area (Å²) in [7, 11) is 7.74. The zero-order valence-electron chi connectivity index (χ0n) is 14.8. The molecule has 4 nitrogen and oxygen atoms in total. The number of hydrogen-bond donors (Lipinski definition) is 0. The van der Waals surface area contributed by atoms with Crippen LogP contribution in [0, 0.1) is 0 Å². The molecule has 2 saturated carbocycles. The first-order chi connectivity index (χ1) is 10.9. The first-order valence-corrected chi connectivity index (χ1v) is 10.8. The van der Waals surface area contributed by atoms with E-state index < -0.39 is 5.79 Å². The molecule has 3 fully saturated rings. The molecule has 6 heteroatoms. The largest absolute Gasteiger partial charge is 0.382 e. The molecule has 0 N–H and O–H groups in total. The standard InChI is InChI=1S/C17H30O4S2/c1-15(2)20-12-14(21-15)10-17(7-8-17)23-22-16(5-6-16)9-13(19-4)11-18-3/h13-14H,5-12H2,1-4H3/t13-,14+/m1/s1. The van der Waals surface area contributed by atoms with Crippen LogP contribution in [0.1, 0.15) is 52.4 Å². The van der Waals surface area contributed by atoms with Gasteiger partial charge in [0.15, 0.2) is 5.79 Å². The Morgan fingerprint density at radius 3 is 2.22 bits per heavy atom. The van der Waals surface area contributed by atoms with E-state index in [2.05, 4.69) is 21.6 Å². The van der Waals surface area contributed by atoms with Gasteiger partial charge < -0.3 is 18.9 Å². The first-order valence-electron chi connectivity index (χ1n) is 8.60. The van der Waals surface area contributed by atoms with Gasteiger partial charge in [0.1, 0.15) is 0 Å². The average molecular weight is 363 g/mol. The molecule has 3 rings (SSSR count). The fourth-order valence-electron chi connectivity index (χ4n) is 3.19. The summed E-state index contributed by atoms with van der Waals surface area (Å²) in [5.74, 6) is -0.401. The predicted octanol–water partition coefficient (Wildman–Crippen LogP) is 4.03. The lowest BCUT2D eigenvalue weighted by molar-refractivity contribution is -0.139. The van der Waals surface area contributed by atoms with Gasteiger partial charge in [0, 0.05) is 23.7 Å². The van der Waals surface area contributed by atoms with Crippen LogP contribution >= 0.6 is 21.6 Å². The molecule has 1 heterocycles. The van der Waals surface area contributed by atoms with E-state index in [0.717, 1.165) is 19.4 Å². The maximum absolute atomic E-state index is 6.00. The van der Waals surface area contributed by atoms with Crippen LogP contribution in [0.2, 0.25) is 0 Å². The van der Waals surface area contributed by atoms with Gasteiger partial charge in [-0.05, 0) is 52.4 Å². The first kappa shape index (κ1) is 18.3. The molecule has 1 aliphatic heterocycles. The van der Waals surface area contributed by atoms with Crippen LogP contribution in [0.5, 0.6) is 0 Å². The SMILES string of the molecule is COC[C@@H](CC1(SSC2(C[C@H]3COC(C)(C)O3)CC2)CC1)OC. The van der Waals surface area contributed by atoms with E-state index in [0.29, 0.717) is 16.1 Å². The maximum Gasteiger partial charge on any atom is 0.163 e. The topological polar surface area (TPSA) is 36.9 Å². The number of hydrogen-bond acceptors (Lipinski definition) is 6. The molecular weight excluding hydrogens is 332 g/mol. The monoisotopic (exact) mass is 362 g/mol. The highest BCUT2D eigenvalue weighted by Crippen LogP contribution is 2.65. The van der Waals surface area contributed by atoms with E-state index in [1.54, 1.807) is 14.2 Å². The molecule has 1 saturated heterocycles. The molecule has 0 aromatic heterocycles. The van der Waals surface area contributed by atoms with E-state index in [-0.39, 0.29) is 12.2 Å². The van der Waals surface area contributed by atoms with Crippen molar-refractivity contribution in [2.45, 2.75) is 79.9 Å². The summed E-state index contributed by atoms with van der Waals surface area (Å²) < 4.78 is 23.4. The molecule has 23 heavy (non-hydrogen) atoms. The van der Waals surface area contributed by atoms with E-state index in [4.69, 9.17) is 18.9 Å². The van der Waals surface area contributed by atoms with Crippen LogP contribution in [-0.2, 0) is 18.9 Å². The van der Waals surface area contributed by atoms with Crippen molar-refractivity contribution in [1.29, 1.82) is 0 Å². The Hall–Kier alpha value is 0.540. The Labute approximate surface area is 148 Å². The highest BCUT2D eigenvalue weighted by molar-refractivity contribution is 8.77. The third-order valence-corrected chi connectivity index (χ3v) is 9.27. The van der Waals surface area contributed by atoms with E-state index in [9.17, 15) is 0 Å². The van der Waals surface area contributed by atoms with Crippen molar-refractivity contribution in [3.05, 3.63) is 0 Å². The predicted molar refractivity (Wildman–Crippen MR) is 95.9 cm³/mol. The number of ether oxygens (including phenoxy) is 4. The van der Waals surface area contributed by atoms with Crippen molar-refractivity contribution in [3.63, 3.8) is 0 Å². The van der Waals surface area contributed by atoms with Crippen LogP contribution < -0.4 is 0 Å². The van der Waals surface area contributed by atoms with Crippen molar-refractivity contribution in [2.75, 3.05) is 27.4 Å². The Morgan fingerprint density at radius 2 is 1.74 bits per heavy atom. The van der Waals surface area contributed by atoms with Crippen molar-refractivity contribution < 1.29 is 18.9 Å². The Balaban J connectivity index is 1.44. The van der Waals surface area contributed by atoms with E-state index in [1.807, 2.05) is 13.8 Å². The summed E-state index contributed by atoms with van der Waals surface area (Å²) in [6.45, 7) is 5.45. The molecule has 2 atom stereocenters. The highest BCUT2D eigenvalue weighted by atomic mass is 33.1. The fourth-order valence-corrected chi connectivity index (χ4v) is 7.06. The molecular formula is C17H30O4S2. The molecule has 3 aliphatic rings. The Bertz CT molecular complexity index is 407. The summed E-state index contributed by atoms with van der Waals surface area (Å²) in [6.07, 6.45) is 7.94. The molecule has 0 aromatic rings. The summed E-state index contributed by atoms with van der Waals surface area (Å²) >= 11 is 0. The maximum atomic E-state index is 6.00. The van der Waals surface area contributed by atoms with Crippen LogP contribution in [0.25, 0.3) is 0 Å². The lowest BCUT2D eigenvalue weighted by Gasteiger charge is -2.24. The lowest BCUT2D eigenvalue weighted by atomic mass is 10.2. The fraction of sp³-hybridized carbons (Fsp3) is 1.00. The molecule has 0 bridgehead atoms. The highest BCUT2D eigenvalue weighted by Gasteiger charge is 2.52. The molecule has 0 amide bonds. The van der Waals surface area contributed by atoms with Crippen molar-refractivity contribution in [1.82, 2.24) is 0 Å². The van der Waals surface area contributed by atoms with Crippen molar-refractivity contribution in [3.8, 4) is 0 Å².